The molecule has 1 fully saturated rings. The van der Waals surface area contributed by atoms with Crippen molar-refractivity contribution < 1.29 is 28.7 Å². The molecule has 0 radical (unpaired) electrons. The maximum absolute atomic E-state index is 12.4. The Morgan fingerprint density at radius 1 is 1.11 bits per heavy atom. The minimum absolute atomic E-state index is 0.359. The predicted octanol–water partition coefficient (Wildman–Crippen LogP) is 1.42. The number of nitrogens with zero attached hydrogens (tertiary/aromatic N) is 1. The van der Waals surface area contributed by atoms with E-state index >= 15 is 0 Å². The summed E-state index contributed by atoms with van der Waals surface area (Å²) in [6, 6.07) is 6.94. The highest BCUT2D eigenvalue weighted by Gasteiger charge is 2.46. The summed E-state index contributed by atoms with van der Waals surface area (Å²) in [6.07, 6.45) is 1.06. The van der Waals surface area contributed by atoms with Gasteiger partial charge in [0.25, 0.3) is 0 Å². The Kier molecular flexibility index (Phi) is 4.30. The Morgan fingerprint density at radius 3 is 2.44 bits per heavy atom. The second kappa shape index (κ2) is 6.53. The fourth-order valence-electron chi connectivity index (χ4n) is 3.59. The van der Waals surface area contributed by atoms with Crippen LogP contribution in [0.5, 0.6) is 0 Å². The molecule has 0 N–H and O–H groups in total. The van der Waals surface area contributed by atoms with Crippen molar-refractivity contribution in [3.05, 3.63) is 40.3 Å². The fourth-order valence-corrected chi connectivity index (χ4v) is 4.85. The molecule has 1 amide bonds. The van der Waals surface area contributed by atoms with Gasteiger partial charge >= 0.3 is 11.9 Å². The van der Waals surface area contributed by atoms with Crippen LogP contribution in [0.4, 0.5) is 0 Å². The van der Waals surface area contributed by atoms with Crippen LogP contribution in [0.2, 0.25) is 0 Å². The number of benzene rings is 1. The van der Waals surface area contributed by atoms with Crippen molar-refractivity contribution in [2.24, 2.45) is 0 Å². The zero-order valence-corrected chi connectivity index (χ0v) is 15.5. The molecule has 27 heavy (non-hydrogen) atoms. The van der Waals surface area contributed by atoms with Crippen LogP contribution in [0.15, 0.2) is 29.2 Å². The number of hydrogen-bond donors (Lipinski definition) is 0. The molecule has 1 aromatic rings. The minimum Gasteiger partial charge on any atom is -0.484 e. The van der Waals surface area contributed by atoms with Crippen molar-refractivity contribution >= 4 is 41.0 Å². The standard InChI is InChI=1S/C19H17NO6S/c1-25-18(24)17(23)20-8-6-19(7-9-20)10-27-16-14(22)13(21)11-4-2-3-5-12(11)15(16)26-19/h2-5H,6-10H2,1H3. The highest BCUT2D eigenvalue weighted by molar-refractivity contribution is 8.04. The van der Waals surface area contributed by atoms with Crippen molar-refractivity contribution in [1.29, 1.82) is 0 Å². The van der Waals surface area contributed by atoms with Gasteiger partial charge in [0, 0.05) is 42.8 Å². The number of ether oxygens (including phenoxy) is 2. The number of esters is 1. The number of hydrogen-bond acceptors (Lipinski definition) is 7. The van der Waals surface area contributed by atoms with Gasteiger partial charge in [0.05, 0.1) is 7.11 Å². The molecule has 140 valence electrons. The Hall–Kier alpha value is -2.61. The van der Waals surface area contributed by atoms with E-state index in [0.717, 1.165) is 0 Å². The average Bonchev–Trinajstić information content (AvgIpc) is 2.71. The van der Waals surface area contributed by atoms with E-state index in [1.165, 1.54) is 23.8 Å². The molecule has 0 unspecified atom stereocenters. The molecule has 1 saturated heterocycles. The van der Waals surface area contributed by atoms with Crippen LogP contribution in [-0.4, -0.2) is 59.9 Å². The molecule has 1 spiro atoms. The number of Topliss-reactive ketones (excluding diaryl/α,β-unsaturated/α-hetero) is 2. The second-order valence-corrected chi connectivity index (χ2v) is 7.71. The van der Waals surface area contributed by atoms with E-state index in [2.05, 4.69) is 4.74 Å². The van der Waals surface area contributed by atoms with Crippen molar-refractivity contribution in [3.8, 4) is 0 Å². The van der Waals surface area contributed by atoms with Gasteiger partial charge < -0.3 is 14.4 Å². The third kappa shape index (κ3) is 2.84. The van der Waals surface area contributed by atoms with Crippen molar-refractivity contribution in [3.63, 3.8) is 0 Å². The summed E-state index contributed by atoms with van der Waals surface area (Å²) >= 11 is 1.34. The molecule has 8 heteroatoms. The maximum Gasteiger partial charge on any atom is 0.396 e. The lowest BCUT2D eigenvalue weighted by Gasteiger charge is -2.45. The Labute approximate surface area is 159 Å². The number of thioether (sulfide) groups is 1. The molecule has 0 bridgehead atoms. The van der Waals surface area contributed by atoms with E-state index in [1.54, 1.807) is 24.3 Å². The van der Waals surface area contributed by atoms with E-state index in [0.29, 0.717) is 53.5 Å². The third-order valence-corrected chi connectivity index (χ3v) is 6.48. The summed E-state index contributed by atoms with van der Waals surface area (Å²) in [6.45, 7) is 0.733. The molecule has 7 nitrogen and oxygen atoms in total. The molecule has 2 aliphatic heterocycles. The normalized spacial score (nSPS) is 20.7. The minimum atomic E-state index is -0.875. The second-order valence-electron chi connectivity index (χ2n) is 6.72. The van der Waals surface area contributed by atoms with E-state index in [4.69, 9.17) is 4.74 Å². The van der Waals surface area contributed by atoms with Gasteiger partial charge in [-0.15, -0.1) is 11.8 Å². The van der Waals surface area contributed by atoms with Crippen molar-refractivity contribution in [2.75, 3.05) is 26.0 Å². The first-order valence-corrected chi connectivity index (χ1v) is 9.56. The molecule has 1 aliphatic carbocycles. The lowest BCUT2D eigenvalue weighted by Crippen LogP contribution is -2.52. The van der Waals surface area contributed by atoms with Gasteiger partial charge in [0.15, 0.2) is 0 Å². The Bertz CT molecular complexity index is 897. The van der Waals surface area contributed by atoms with E-state index in [-0.39, 0.29) is 0 Å². The lowest BCUT2D eigenvalue weighted by atomic mass is 9.90. The summed E-state index contributed by atoms with van der Waals surface area (Å²) in [5.74, 6) is -1.58. The third-order valence-electron chi connectivity index (χ3n) is 5.16. The first-order valence-electron chi connectivity index (χ1n) is 8.57. The zero-order valence-electron chi connectivity index (χ0n) is 14.6. The number of rotatable bonds is 0. The number of allylic oxidation sites excluding steroid dienone is 1. The number of likely N-dealkylation sites (tertiary alicyclic amines) is 1. The molecule has 2 heterocycles. The van der Waals surface area contributed by atoms with Crippen molar-refractivity contribution in [1.82, 2.24) is 4.90 Å². The maximum atomic E-state index is 12.4. The number of carbonyl (C=O) groups is 4. The van der Waals surface area contributed by atoms with Gasteiger partial charge in [-0.2, -0.15) is 0 Å². The van der Waals surface area contributed by atoms with Crippen molar-refractivity contribution in [2.45, 2.75) is 18.4 Å². The lowest BCUT2D eigenvalue weighted by molar-refractivity contribution is -0.160. The molecule has 1 aromatic carbocycles. The number of amides is 1. The average molecular weight is 387 g/mol. The predicted molar refractivity (Wildman–Crippen MR) is 96.8 cm³/mol. The summed E-state index contributed by atoms with van der Waals surface area (Å²) in [7, 11) is 1.18. The van der Waals surface area contributed by atoms with Crippen LogP contribution in [0.25, 0.3) is 5.76 Å². The van der Waals surface area contributed by atoms with Gasteiger partial charge in [-0.25, -0.2) is 4.79 Å². The molecule has 0 atom stereocenters. The smallest absolute Gasteiger partial charge is 0.396 e. The molecule has 0 aromatic heterocycles. The summed E-state index contributed by atoms with van der Waals surface area (Å²) < 4.78 is 10.8. The van der Waals surface area contributed by atoms with Crippen LogP contribution in [-0.2, 0) is 23.9 Å². The molecular formula is C19H17NO6S. The number of carbonyl (C=O) groups excluding carboxylic acids is 4. The van der Waals surface area contributed by atoms with Gasteiger partial charge in [-0.1, -0.05) is 24.3 Å². The number of fused-ring (bicyclic) bond motifs is 2. The van der Waals surface area contributed by atoms with Gasteiger partial charge in [0.1, 0.15) is 16.3 Å². The van der Waals surface area contributed by atoms with E-state index < -0.39 is 29.0 Å². The van der Waals surface area contributed by atoms with E-state index in [1.807, 2.05) is 0 Å². The highest BCUT2D eigenvalue weighted by atomic mass is 32.2. The van der Waals surface area contributed by atoms with Crippen LogP contribution in [0.3, 0.4) is 0 Å². The molecular weight excluding hydrogens is 370 g/mol. The van der Waals surface area contributed by atoms with Gasteiger partial charge in [0.2, 0.25) is 11.6 Å². The zero-order chi connectivity index (χ0) is 19.2. The van der Waals surface area contributed by atoms with Crippen LogP contribution in [0.1, 0.15) is 28.8 Å². The van der Waals surface area contributed by atoms with Crippen LogP contribution < -0.4 is 0 Å². The molecule has 3 aliphatic rings. The quantitative estimate of drug-likeness (QED) is 0.491. The summed E-state index contributed by atoms with van der Waals surface area (Å²) in [5, 5.41) is 0. The van der Waals surface area contributed by atoms with Crippen LogP contribution in [0, 0.1) is 0 Å². The number of piperidine rings is 1. The van der Waals surface area contributed by atoms with Crippen LogP contribution >= 0.6 is 11.8 Å². The highest BCUT2D eigenvalue weighted by Crippen LogP contribution is 2.47. The monoisotopic (exact) mass is 387 g/mol. The number of ketones is 2. The molecule has 0 saturated carbocycles. The largest absolute Gasteiger partial charge is 0.484 e. The SMILES string of the molecule is COC(=O)C(=O)N1CCC2(CC1)CSC1=C(O2)c2ccccc2C(=O)C1=O. The number of methoxy groups -OCH3 is 1. The summed E-state index contributed by atoms with van der Waals surface area (Å²) in [5.41, 5.74) is 0.457. The Morgan fingerprint density at radius 2 is 1.78 bits per heavy atom. The first-order chi connectivity index (χ1) is 13.0. The first kappa shape index (κ1) is 17.8. The van der Waals surface area contributed by atoms with Gasteiger partial charge in [-0.3, -0.25) is 14.4 Å². The fraction of sp³-hybridized carbons (Fsp3) is 0.368. The topological polar surface area (TPSA) is 90.0 Å². The Balaban J connectivity index is 1.58. The van der Waals surface area contributed by atoms with E-state index in [9.17, 15) is 19.2 Å². The molecule has 4 rings (SSSR count). The summed E-state index contributed by atoms with van der Waals surface area (Å²) in [4.78, 5) is 50.0. The van der Waals surface area contributed by atoms with Gasteiger partial charge in [-0.05, 0) is 0 Å².